The van der Waals surface area contributed by atoms with E-state index in [1.165, 1.54) is 11.0 Å². The van der Waals surface area contributed by atoms with Gasteiger partial charge < -0.3 is 10.0 Å². The van der Waals surface area contributed by atoms with Gasteiger partial charge in [0.2, 0.25) is 5.91 Å². The molecule has 1 aromatic carbocycles. The van der Waals surface area contributed by atoms with Crippen LogP contribution in [0.3, 0.4) is 0 Å². The third-order valence-electron chi connectivity index (χ3n) is 3.55. The Hall–Kier alpha value is -1.84. The van der Waals surface area contributed by atoms with Crippen LogP contribution in [0.4, 0.5) is 5.69 Å². The monoisotopic (exact) mass is 247 g/mol. The van der Waals surface area contributed by atoms with Gasteiger partial charge in [0.1, 0.15) is 0 Å². The molecule has 4 nitrogen and oxygen atoms in total. The molecular weight excluding hydrogens is 230 g/mol. The Bertz CT molecular complexity index is 480. The van der Waals surface area contributed by atoms with E-state index in [0.29, 0.717) is 11.6 Å². The molecule has 0 spiro atoms. The van der Waals surface area contributed by atoms with Crippen molar-refractivity contribution >= 4 is 17.6 Å². The second-order valence-electron chi connectivity index (χ2n) is 4.85. The Kier molecular flexibility index (Phi) is 3.36. The zero-order chi connectivity index (χ0) is 13.3. The van der Waals surface area contributed by atoms with Gasteiger partial charge in [-0.1, -0.05) is 19.1 Å². The van der Waals surface area contributed by atoms with Crippen LogP contribution in [-0.2, 0) is 4.79 Å². The molecule has 0 heterocycles. The minimum Gasteiger partial charge on any atom is -0.478 e. The van der Waals surface area contributed by atoms with Crippen molar-refractivity contribution < 1.29 is 14.7 Å². The first-order valence-electron chi connectivity index (χ1n) is 6.12. The van der Waals surface area contributed by atoms with Crippen molar-refractivity contribution in [2.24, 2.45) is 11.8 Å². The van der Waals surface area contributed by atoms with Crippen LogP contribution >= 0.6 is 0 Å². The number of nitrogens with zero attached hydrogens (tertiary/aromatic N) is 1. The van der Waals surface area contributed by atoms with Gasteiger partial charge in [0.15, 0.2) is 0 Å². The Morgan fingerprint density at radius 1 is 1.33 bits per heavy atom. The Morgan fingerprint density at radius 3 is 2.50 bits per heavy atom. The van der Waals surface area contributed by atoms with Crippen molar-refractivity contribution in [2.75, 3.05) is 11.9 Å². The van der Waals surface area contributed by atoms with Gasteiger partial charge in [0, 0.05) is 13.0 Å². The van der Waals surface area contributed by atoms with Crippen LogP contribution in [0.15, 0.2) is 24.3 Å². The number of para-hydroxylation sites is 1. The second kappa shape index (κ2) is 4.80. The summed E-state index contributed by atoms with van der Waals surface area (Å²) in [5.74, 6) is -0.579. The van der Waals surface area contributed by atoms with Crippen molar-refractivity contribution in [3.8, 4) is 0 Å². The highest BCUT2D eigenvalue weighted by Crippen LogP contribution is 2.38. The molecule has 1 N–H and O–H groups in total. The molecule has 1 atom stereocenters. The highest BCUT2D eigenvalue weighted by Gasteiger charge is 2.34. The van der Waals surface area contributed by atoms with Crippen molar-refractivity contribution in [3.05, 3.63) is 29.8 Å². The zero-order valence-electron chi connectivity index (χ0n) is 10.6. The molecule has 0 aromatic heterocycles. The summed E-state index contributed by atoms with van der Waals surface area (Å²) in [4.78, 5) is 24.8. The maximum atomic E-state index is 12.2. The minimum absolute atomic E-state index is 0.00815. The van der Waals surface area contributed by atoms with Gasteiger partial charge in [-0.3, -0.25) is 4.79 Å². The van der Waals surface area contributed by atoms with E-state index in [-0.39, 0.29) is 17.4 Å². The maximum absolute atomic E-state index is 12.2. The van der Waals surface area contributed by atoms with Gasteiger partial charge in [-0.05, 0) is 30.9 Å². The normalized spacial score (nSPS) is 16.1. The topological polar surface area (TPSA) is 57.6 Å². The molecular formula is C14H17NO3. The number of amides is 1. The van der Waals surface area contributed by atoms with Crippen molar-refractivity contribution in [1.82, 2.24) is 0 Å². The third kappa shape index (κ3) is 2.37. The number of benzene rings is 1. The number of rotatable bonds is 4. The first-order valence-corrected chi connectivity index (χ1v) is 6.12. The molecule has 1 fully saturated rings. The smallest absolute Gasteiger partial charge is 0.337 e. The summed E-state index contributed by atoms with van der Waals surface area (Å²) in [6, 6.07) is 6.59. The van der Waals surface area contributed by atoms with Gasteiger partial charge in [0.25, 0.3) is 0 Å². The second-order valence-corrected chi connectivity index (χ2v) is 4.85. The molecule has 1 unspecified atom stereocenters. The van der Waals surface area contributed by atoms with Crippen LogP contribution in [0.1, 0.15) is 30.1 Å². The van der Waals surface area contributed by atoms with E-state index >= 15 is 0 Å². The van der Waals surface area contributed by atoms with Crippen molar-refractivity contribution in [3.63, 3.8) is 0 Å². The molecule has 0 bridgehead atoms. The number of anilines is 1. The molecule has 0 radical (unpaired) electrons. The fourth-order valence-electron chi connectivity index (χ4n) is 2.17. The van der Waals surface area contributed by atoms with E-state index in [4.69, 9.17) is 5.11 Å². The Morgan fingerprint density at radius 2 is 1.94 bits per heavy atom. The SMILES string of the molecule is CC(C(=O)N(C)c1ccccc1C(=O)O)C1CC1. The van der Waals surface area contributed by atoms with Crippen molar-refractivity contribution in [1.29, 1.82) is 0 Å². The van der Waals surface area contributed by atoms with E-state index in [0.717, 1.165) is 12.8 Å². The molecule has 1 aliphatic carbocycles. The van der Waals surface area contributed by atoms with Gasteiger partial charge >= 0.3 is 5.97 Å². The number of carbonyl (C=O) groups excluding carboxylic acids is 1. The van der Waals surface area contributed by atoms with Crippen LogP contribution in [0, 0.1) is 11.8 Å². The summed E-state index contributed by atoms with van der Waals surface area (Å²) in [5, 5.41) is 9.12. The molecule has 4 heteroatoms. The quantitative estimate of drug-likeness (QED) is 0.888. The highest BCUT2D eigenvalue weighted by molar-refractivity contribution is 6.02. The zero-order valence-corrected chi connectivity index (χ0v) is 10.6. The molecule has 1 amide bonds. The molecule has 96 valence electrons. The summed E-state index contributed by atoms with van der Waals surface area (Å²) in [7, 11) is 1.64. The summed E-state index contributed by atoms with van der Waals surface area (Å²) < 4.78 is 0. The predicted octanol–water partition coefficient (Wildman–Crippen LogP) is 2.39. The lowest BCUT2D eigenvalue weighted by Gasteiger charge is -2.22. The summed E-state index contributed by atoms with van der Waals surface area (Å²) >= 11 is 0. The molecule has 18 heavy (non-hydrogen) atoms. The van der Waals surface area contributed by atoms with Gasteiger partial charge in [-0.25, -0.2) is 4.79 Å². The molecule has 1 saturated carbocycles. The first kappa shape index (κ1) is 12.6. The number of carbonyl (C=O) groups is 2. The maximum Gasteiger partial charge on any atom is 0.337 e. The van der Waals surface area contributed by atoms with Crippen LogP contribution in [0.5, 0.6) is 0 Å². The number of carboxylic acids is 1. The van der Waals surface area contributed by atoms with Crippen LogP contribution in [0.2, 0.25) is 0 Å². The molecule has 2 rings (SSSR count). The number of hydrogen-bond donors (Lipinski definition) is 1. The first-order chi connectivity index (χ1) is 8.52. The predicted molar refractivity (Wildman–Crippen MR) is 68.7 cm³/mol. The Balaban J connectivity index is 2.24. The minimum atomic E-state index is -1.01. The molecule has 1 aromatic rings. The lowest BCUT2D eigenvalue weighted by atomic mass is 10.0. The van der Waals surface area contributed by atoms with Crippen LogP contribution in [-0.4, -0.2) is 24.0 Å². The molecule has 0 aliphatic heterocycles. The average Bonchev–Trinajstić information content (AvgIpc) is 3.20. The summed E-state index contributed by atoms with van der Waals surface area (Å²) in [5.41, 5.74) is 0.624. The van der Waals surface area contributed by atoms with E-state index in [1.807, 2.05) is 6.92 Å². The lowest BCUT2D eigenvalue weighted by molar-refractivity contribution is -0.122. The van der Waals surface area contributed by atoms with E-state index in [1.54, 1.807) is 25.2 Å². The molecule has 1 aliphatic rings. The third-order valence-corrected chi connectivity index (χ3v) is 3.55. The van der Waals surface area contributed by atoms with Gasteiger partial charge in [0.05, 0.1) is 11.3 Å². The fraction of sp³-hybridized carbons (Fsp3) is 0.429. The van der Waals surface area contributed by atoms with Crippen LogP contribution in [0.25, 0.3) is 0 Å². The summed E-state index contributed by atoms with van der Waals surface area (Å²) in [6.07, 6.45) is 2.20. The number of hydrogen-bond acceptors (Lipinski definition) is 2. The standard InChI is InChI=1S/C14H17NO3/c1-9(10-7-8-10)13(16)15(2)12-6-4-3-5-11(12)14(17)18/h3-6,9-10H,7-8H2,1-2H3,(H,17,18). The number of aromatic carboxylic acids is 1. The Labute approximate surface area is 106 Å². The highest BCUT2D eigenvalue weighted by atomic mass is 16.4. The fourth-order valence-corrected chi connectivity index (χ4v) is 2.17. The lowest BCUT2D eigenvalue weighted by Crippen LogP contribution is -2.33. The van der Waals surface area contributed by atoms with E-state index < -0.39 is 5.97 Å². The number of carboxylic acid groups (broad SMARTS) is 1. The summed E-state index contributed by atoms with van der Waals surface area (Å²) in [6.45, 7) is 1.92. The van der Waals surface area contributed by atoms with Crippen molar-refractivity contribution in [2.45, 2.75) is 19.8 Å². The largest absolute Gasteiger partial charge is 0.478 e. The van der Waals surface area contributed by atoms with Crippen LogP contribution < -0.4 is 4.90 Å². The average molecular weight is 247 g/mol. The molecule has 0 saturated heterocycles. The van der Waals surface area contributed by atoms with Gasteiger partial charge in [-0.2, -0.15) is 0 Å². The van der Waals surface area contributed by atoms with E-state index in [9.17, 15) is 9.59 Å². The van der Waals surface area contributed by atoms with Gasteiger partial charge in [-0.15, -0.1) is 0 Å². The van der Waals surface area contributed by atoms with E-state index in [2.05, 4.69) is 0 Å².